The molecule has 3 heterocycles. The second kappa shape index (κ2) is 6.70. The van der Waals surface area contributed by atoms with Gasteiger partial charge in [0.1, 0.15) is 5.82 Å². The first-order valence-electron chi connectivity index (χ1n) is 6.93. The third-order valence-electron chi connectivity index (χ3n) is 3.68. The number of hydrogen-bond donors (Lipinski definition) is 1. The quantitative estimate of drug-likeness (QED) is 0.910. The molecule has 0 atom stereocenters. The van der Waals surface area contributed by atoms with Gasteiger partial charge in [-0.1, -0.05) is 6.07 Å². The van der Waals surface area contributed by atoms with Gasteiger partial charge in [0.15, 0.2) is 0 Å². The van der Waals surface area contributed by atoms with E-state index in [4.69, 9.17) is 0 Å². The van der Waals surface area contributed by atoms with E-state index in [2.05, 4.69) is 54.7 Å². The van der Waals surface area contributed by atoms with Crippen molar-refractivity contribution in [2.24, 2.45) is 0 Å². The van der Waals surface area contributed by atoms with Crippen LogP contribution >= 0.6 is 27.3 Å². The minimum Gasteiger partial charge on any atom is -0.357 e. The van der Waals surface area contributed by atoms with E-state index in [0.29, 0.717) is 6.04 Å². The molecular weight excluding hydrogens is 334 g/mol. The minimum atomic E-state index is 0.619. The van der Waals surface area contributed by atoms with Gasteiger partial charge in [-0.15, -0.1) is 11.3 Å². The lowest BCUT2D eigenvalue weighted by molar-refractivity contribution is 0.413. The number of nitrogens with one attached hydrogen (secondary N) is 1. The third-order valence-corrected chi connectivity index (χ3v) is 5.24. The summed E-state index contributed by atoms with van der Waals surface area (Å²) in [7, 11) is 0. The number of thiophene rings is 1. The maximum Gasteiger partial charge on any atom is 0.128 e. The van der Waals surface area contributed by atoms with E-state index in [1.807, 2.05) is 12.3 Å². The lowest BCUT2D eigenvalue weighted by Crippen LogP contribution is -2.42. The van der Waals surface area contributed by atoms with Gasteiger partial charge in [0.05, 0.1) is 3.79 Å². The zero-order valence-corrected chi connectivity index (χ0v) is 13.7. The normalized spacial score (nSPS) is 16.6. The van der Waals surface area contributed by atoms with Crippen molar-refractivity contribution in [3.05, 3.63) is 45.2 Å². The second-order valence-corrected chi connectivity index (χ2v) is 7.38. The van der Waals surface area contributed by atoms with Crippen LogP contribution in [0, 0.1) is 0 Å². The molecule has 0 aromatic carbocycles. The molecule has 2 aromatic rings. The van der Waals surface area contributed by atoms with Crippen molar-refractivity contribution in [2.45, 2.75) is 25.4 Å². The Kier molecular flexibility index (Phi) is 4.70. The molecule has 2 aromatic heterocycles. The minimum absolute atomic E-state index is 0.619. The molecule has 0 unspecified atom stereocenters. The van der Waals surface area contributed by atoms with E-state index in [-0.39, 0.29) is 0 Å². The van der Waals surface area contributed by atoms with Crippen molar-refractivity contribution in [3.63, 3.8) is 0 Å². The van der Waals surface area contributed by atoms with Crippen LogP contribution in [0.1, 0.15) is 18.4 Å². The van der Waals surface area contributed by atoms with Crippen molar-refractivity contribution in [2.75, 3.05) is 18.0 Å². The molecule has 0 radical (unpaired) electrons. The average molecular weight is 352 g/mol. The Labute approximate surface area is 132 Å². The van der Waals surface area contributed by atoms with Crippen molar-refractivity contribution in [1.82, 2.24) is 10.3 Å². The maximum atomic E-state index is 4.43. The summed E-state index contributed by atoms with van der Waals surface area (Å²) in [4.78, 5) is 6.80. The van der Waals surface area contributed by atoms with Crippen LogP contribution < -0.4 is 10.2 Å². The molecular formula is C15H18BrN3S. The van der Waals surface area contributed by atoms with E-state index in [0.717, 1.165) is 25.5 Å². The van der Waals surface area contributed by atoms with Crippen molar-refractivity contribution in [3.8, 4) is 0 Å². The van der Waals surface area contributed by atoms with E-state index >= 15 is 0 Å². The summed E-state index contributed by atoms with van der Waals surface area (Å²) in [6.45, 7) is 3.14. The molecule has 0 bridgehead atoms. The second-order valence-electron chi connectivity index (χ2n) is 5.09. The highest BCUT2D eigenvalue weighted by Gasteiger charge is 2.19. The summed E-state index contributed by atoms with van der Waals surface area (Å²) in [5.41, 5.74) is 1.37. The fraction of sp³-hybridized carbons (Fsp3) is 0.400. The van der Waals surface area contributed by atoms with Gasteiger partial charge < -0.3 is 10.2 Å². The van der Waals surface area contributed by atoms with Crippen LogP contribution in [-0.2, 0) is 6.54 Å². The van der Waals surface area contributed by atoms with Crippen molar-refractivity contribution < 1.29 is 0 Å². The summed E-state index contributed by atoms with van der Waals surface area (Å²) >= 11 is 5.26. The molecule has 0 spiro atoms. The SMILES string of the molecule is Brc1cc(CNC2CCN(c3ccccn3)CC2)cs1. The molecule has 0 amide bonds. The Morgan fingerprint density at radius 2 is 2.20 bits per heavy atom. The number of piperidine rings is 1. The largest absolute Gasteiger partial charge is 0.357 e. The van der Waals surface area contributed by atoms with Gasteiger partial charge in [-0.3, -0.25) is 0 Å². The van der Waals surface area contributed by atoms with E-state index in [9.17, 15) is 0 Å². The van der Waals surface area contributed by atoms with Crippen molar-refractivity contribution in [1.29, 1.82) is 0 Å². The Balaban J connectivity index is 1.47. The number of halogens is 1. The Morgan fingerprint density at radius 3 is 2.85 bits per heavy atom. The maximum absolute atomic E-state index is 4.43. The zero-order chi connectivity index (χ0) is 13.8. The molecule has 1 N–H and O–H groups in total. The Hall–Kier alpha value is -0.910. The predicted molar refractivity (Wildman–Crippen MR) is 88.3 cm³/mol. The summed E-state index contributed by atoms with van der Waals surface area (Å²) in [6, 6.07) is 8.93. The van der Waals surface area contributed by atoms with Crippen LogP contribution in [0.4, 0.5) is 5.82 Å². The molecule has 0 saturated carbocycles. The lowest BCUT2D eigenvalue weighted by atomic mass is 10.0. The molecule has 0 aliphatic carbocycles. The number of hydrogen-bond acceptors (Lipinski definition) is 4. The van der Waals surface area contributed by atoms with Crippen molar-refractivity contribution >= 4 is 33.1 Å². The van der Waals surface area contributed by atoms with Gasteiger partial charge >= 0.3 is 0 Å². The highest BCUT2D eigenvalue weighted by Crippen LogP contribution is 2.21. The summed E-state index contributed by atoms with van der Waals surface area (Å²) in [5, 5.41) is 5.87. The lowest BCUT2D eigenvalue weighted by Gasteiger charge is -2.33. The van der Waals surface area contributed by atoms with Gasteiger partial charge in [-0.05, 0) is 57.9 Å². The van der Waals surface area contributed by atoms with Gasteiger partial charge in [0.25, 0.3) is 0 Å². The fourth-order valence-electron chi connectivity index (χ4n) is 2.55. The average Bonchev–Trinajstić information content (AvgIpc) is 2.92. The molecule has 5 heteroatoms. The Morgan fingerprint density at radius 1 is 1.35 bits per heavy atom. The Bertz CT molecular complexity index is 535. The van der Waals surface area contributed by atoms with Gasteiger partial charge in [0.2, 0.25) is 0 Å². The fourth-order valence-corrected chi connectivity index (χ4v) is 3.76. The molecule has 1 fully saturated rings. The molecule has 1 aliphatic rings. The van der Waals surface area contributed by atoms with Crippen LogP contribution in [0.2, 0.25) is 0 Å². The van der Waals surface area contributed by atoms with E-state index in [1.54, 1.807) is 11.3 Å². The van der Waals surface area contributed by atoms with Crippen LogP contribution in [0.3, 0.4) is 0 Å². The number of aromatic nitrogens is 1. The highest BCUT2D eigenvalue weighted by molar-refractivity contribution is 9.11. The van der Waals surface area contributed by atoms with Crippen LogP contribution in [0.5, 0.6) is 0 Å². The molecule has 3 rings (SSSR count). The number of anilines is 1. The molecule has 3 nitrogen and oxygen atoms in total. The third kappa shape index (κ3) is 3.59. The monoisotopic (exact) mass is 351 g/mol. The van der Waals surface area contributed by atoms with E-state index < -0.39 is 0 Å². The number of pyridine rings is 1. The summed E-state index contributed by atoms with van der Waals surface area (Å²) in [6.07, 6.45) is 4.23. The molecule has 1 saturated heterocycles. The van der Waals surface area contributed by atoms with Gasteiger partial charge in [0, 0.05) is 31.9 Å². The first-order valence-corrected chi connectivity index (χ1v) is 8.61. The number of rotatable bonds is 4. The molecule has 20 heavy (non-hydrogen) atoms. The van der Waals surface area contributed by atoms with Gasteiger partial charge in [-0.25, -0.2) is 4.98 Å². The smallest absolute Gasteiger partial charge is 0.128 e. The predicted octanol–water partition coefficient (Wildman–Crippen LogP) is 3.66. The van der Waals surface area contributed by atoms with Gasteiger partial charge in [-0.2, -0.15) is 0 Å². The first kappa shape index (κ1) is 14.0. The summed E-state index contributed by atoms with van der Waals surface area (Å²) < 4.78 is 1.21. The van der Waals surface area contributed by atoms with Crippen LogP contribution in [-0.4, -0.2) is 24.1 Å². The van der Waals surface area contributed by atoms with Crippen LogP contribution in [0.15, 0.2) is 39.6 Å². The topological polar surface area (TPSA) is 28.2 Å². The van der Waals surface area contributed by atoms with E-state index in [1.165, 1.54) is 22.2 Å². The number of nitrogens with zero attached hydrogens (tertiary/aromatic N) is 2. The standard InChI is InChI=1S/C15H18BrN3S/c16-14-9-12(11-20-14)10-18-13-4-7-19(8-5-13)15-3-1-2-6-17-15/h1-3,6,9,11,13,18H,4-5,7-8,10H2. The molecule has 1 aliphatic heterocycles. The zero-order valence-electron chi connectivity index (χ0n) is 11.3. The van der Waals surface area contributed by atoms with Crippen LogP contribution in [0.25, 0.3) is 0 Å². The highest BCUT2D eigenvalue weighted by atomic mass is 79.9. The summed E-state index contributed by atoms with van der Waals surface area (Å²) in [5.74, 6) is 1.10. The molecule has 106 valence electrons. The first-order chi connectivity index (χ1) is 9.81.